The van der Waals surface area contributed by atoms with E-state index in [4.69, 9.17) is 4.74 Å². The summed E-state index contributed by atoms with van der Waals surface area (Å²) in [4.78, 5) is 2.58. The number of hydrogen-bond acceptors (Lipinski definition) is 3. The van der Waals surface area contributed by atoms with Gasteiger partial charge in [0, 0.05) is 32.2 Å². The lowest BCUT2D eigenvalue weighted by molar-refractivity contribution is 0.176. The molecule has 1 aliphatic heterocycles. The molecule has 0 aliphatic carbocycles. The monoisotopic (exact) mass is 262 g/mol. The standard InChI is InChI=1S/C16H26N2O/c1-4-15-11-14(5-6-16(15)19-3)7-9-18-10-8-17-12-13(18)2/h5-6,11,13,17H,4,7-10,12H2,1-3H3. The Morgan fingerprint density at radius 1 is 1.42 bits per heavy atom. The van der Waals surface area contributed by atoms with Gasteiger partial charge in [-0.1, -0.05) is 19.1 Å². The van der Waals surface area contributed by atoms with E-state index in [9.17, 15) is 0 Å². The smallest absolute Gasteiger partial charge is 0.122 e. The summed E-state index contributed by atoms with van der Waals surface area (Å²) >= 11 is 0. The fourth-order valence-electron chi connectivity index (χ4n) is 2.75. The van der Waals surface area contributed by atoms with Crippen LogP contribution in [0.15, 0.2) is 18.2 Å². The Bertz CT molecular complexity index is 406. The fraction of sp³-hybridized carbons (Fsp3) is 0.625. The molecule has 1 aromatic rings. The number of benzene rings is 1. The van der Waals surface area contributed by atoms with Crippen molar-refractivity contribution in [3.63, 3.8) is 0 Å². The van der Waals surface area contributed by atoms with E-state index < -0.39 is 0 Å². The molecule has 1 aromatic carbocycles. The van der Waals surface area contributed by atoms with Crippen LogP contribution in [0.25, 0.3) is 0 Å². The molecule has 1 aliphatic rings. The van der Waals surface area contributed by atoms with Crippen molar-refractivity contribution < 1.29 is 4.74 Å². The Morgan fingerprint density at radius 2 is 2.26 bits per heavy atom. The van der Waals surface area contributed by atoms with E-state index >= 15 is 0 Å². The van der Waals surface area contributed by atoms with Gasteiger partial charge in [0.1, 0.15) is 5.75 Å². The molecule has 1 heterocycles. The highest BCUT2D eigenvalue weighted by Gasteiger charge is 2.17. The first-order valence-electron chi connectivity index (χ1n) is 7.35. The van der Waals surface area contributed by atoms with Gasteiger partial charge >= 0.3 is 0 Å². The second-order valence-electron chi connectivity index (χ2n) is 5.34. The molecule has 2 rings (SSSR count). The lowest BCUT2D eigenvalue weighted by atomic mass is 10.0. The van der Waals surface area contributed by atoms with Gasteiger partial charge in [0.05, 0.1) is 7.11 Å². The van der Waals surface area contributed by atoms with Crippen LogP contribution in [0, 0.1) is 0 Å². The fourth-order valence-corrected chi connectivity index (χ4v) is 2.75. The van der Waals surface area contributed by atoms with E-state index in [1.165, 1.54) is 11.1 Å². The van der Waals surface area contributed by atoms with E-state index in [2.05, 4.69) is 42.3 Å². The van der Waals surface area contributed by atoms with Crippen LogP contribution in [0.2, 0.25) is 0 Å². The summed E-state index contributed by atoms with van der Waals surface area (Å²) in [6.07, 6.45) is 2.16. The highest BCUT2D eigenvalue weighted by atomic mass is 16.5. The SMILES string of the molecule is CCc1cc(CCN2CCNCC2C)ccc1OC. The predicted molar refractivity (Wildman–Crippen MR) is 80.0 cm³/mol. The summed E-state index contributed by atoms with van der Waals surface area (Å²) in [5, 5.41) is 3.44. The van der Waals surface area contributed by atoms with Crippen LogP contribution >= 0.6 is 0 Å². The third kappa shape index (κ3) is 3.71. The molecule has 0 saturated carbocycles. The van der Waals surface area contributed by atoms with E-state index in [1.54, 1.807) is 7.11 Å². The highest BCUT2D eigenvalue weighted by Crippen LogP contribution is 2.21. The number of methoxy groups -OCH3 is 1. The molecule has 3 heteroatoms. The molecule has 3 nitrogen and oxygen atoms in total. The van der Waals surface area contributed by atoms with Gasteiger partial charge in [0.25, 0.3) is 0 Å². The number of piperazine rings is 1. The molecular weight excluding hydrogens is 236 g/mol. The summed E-state index contributed by atoms with van der Waals surface area (Å²) in [7, 11) is 1.75. The third-order valence-electron chi connectivity index (χ3n) is 4.05. The van der Waals surface area contributed by atoms with E-state index in [0.717, 1.165) is 44.8 Å². The lowest BCUT2D eigenvalue weighted by Crippen LogP contribution is -2.50. The van der Waals surface area contributed by atoms with Crippen LogP contribution in [0.3, 0.4) is 0 Å². The Kier molecular flexibility index (Phi) is 5.23. The Labute approximate surface area is 116 Å². The number of aryl methyl sites for hydroxylation is 1. The Balaban J connectivity index is 1.95. The number of ether oxygens (including phenoxy) is 1. The predicted octanol–water partition coefficient (Wildman–Crippen LogP) is 2.09. The zero-order valence-electron chi connectivity index (χ0n) is 12.4. The summed E-state index contributed by atoms with van der Waals surface area (Å²) < 4.78 is 5.38. The van der Waals surface area contributed by atoms with Crippen molar-refractivity contribution >= 4 is 0 Å². The third-order valence-corrected chi connectivity index (χ3v) is 4.05. The molecule has 106 valence electrons. The maximum atomic E-state index is 5.38. The van der Waals surface area contributed by atoms with E-state index in [-0.39, 0.29) is 0 Å². The lowest BCUT2D eigenvalue weighted by Gasteiger charge is -2.33. The first-order chi connectivity index (χ1) is 9.24. The first kappa shape index (κ1) is 14.4. The quantitative estimate of drug-likeness (QED) is 0.879. The van der Waals surface area contributed by atoms with Crippen LogP contribution in [0.5, 0.6) is 5.75 Å². The molecule has 0 radical (unpaired) electrons. The topological polar surface area (TPSA) is 24.5 Å². The molecule has 19 heavy (non-hydrogen) atoms. The summed E-state index contributed by atoms with van der Waals surface area (Å²) in [5.41, 5.74) is 2.73. The van der Waals surface area contributed by atoms with Gasteiger partial charge in [-0.3, -0.25) is 4.90 Å². The zero-order valence-corrected chi connectivity index (χ0v) is 12.4. The van der Waals surface area contributed by atoms with Gasteiger partial charge in [-0.25, -0.2) is 0 Å². The summed E-state index contributed by atoms with van der Waals surface area (Å²) in [6, 6.07) is 7.25. The van der Waals surface area contributed by atoms with Gasteiger partial charge in [-0.2, -0.15) is 0 Å². The number of nitrogens with zero attached hydrogens (tertiary/aromatic N) is 1. The van der Waals surface area contributed by atoms with Crippen molar-refractivity contribution in [1.82, 2.24) is 10.2 Å². The van der Waals surface area contributed by atoms with Crippen LogP contribution in [0.4, 0.5) is 0 Å². The van der Waals surface area contributed by atoms with Crippen LogP contribution in [-0.2, 0) is 12.8 Å². The minimum Gasteiger partial charge on any atom is -0.496 e. The van der Waals surface area contributed by atoms with Gasteiger partial charge < -0.3 is 10.1 Å². The first-order valence-corrected chi connectivity index (χ1v) is 7.35. The number of rotatable bonds is 5. The van der Waals surface area contributed by atoms with Crippen molar-refractivity contribution in [1.29, 1.82) is 0 Å². The molecule has 1 unspecified atom stereocenters. The number of nitrogens with one attached hydrogen (secondary N) is 1. The molecule has 0 bridgehead atoms. The molecule has 1 fully saturated rings. The average molecular weight is 262 g/mol. The van der Waals surface area contributed by atoms with Crippen molar-refractivity contribution in [2.45, 2.75) is 32.7 Å². The molecule has 0 spiro atoms. The van der Waals surface area contributed by atoms with Gasteiger partial charge in [0.15, 0.2) is 0 Å². The summed E-state index contributed by atoms with van der Waals surface area (Å²) in [6.45, 7) is 9.03. The molecule has 0 amide bonds. The van der Waals surface area contributed by atoms with Crippen LogP contribution < -0.4 is 10.1 Å². The van der Waals surface area contributed by atoms with Gasteiger partial charge in [0.2, 0.25) is 0 Å². The molecular formula is C16H26N2O. The van der Waals surface area contributed by atoms with Crippen LogP contribution in [0.1, 0.15) is 25.0 Å². The molecule has 1 N–H and O–H groups in total. The molecule has 0 aromatic heterocycles. The van der Waals surface area contributed by atoms with Crippen molar-refractivity contribution in [2.75, 3.05) is 33.3 Å². The zero-order chi connectivity index (χ0) is 13.7. The summed E-state index contributed by atoms with van der Waals surface area (Å²) in [5.74, 6) is 1.02. The highest BCUT2D eigenvalue weighted by molar-refractivity contribution is 5.37. The van der Waals surface area contributed by atoms with Crippen molar-refractivity contribution in [2.24, 2.45) is 0 Å². The minimum absolute atomic E-state index is 0.651. The number of hydrogen-bond donors (Lipinski definition) is 1. The minimum atomic E-state index is 0.651. The Morgan fingerprint density at radius 3 is 2.95 bits per heavy atom. The molecule has 1 atom stereocenters. The van der Waals surface area contributed by atoms with E-state index in [0.29, 0.717) is 6.04 Å². The normalized spacial score (nSPS) is 20.5. The average Bonchev–Trinajstić information content (AvgIpc) is 2.46. The van der Waals surface area contributed by atoms with Gasteiger partial charge in [-0.15, -0.1) is 0 Å². The molecule has 1 saturated heterocycles. The second-order valence-corrected chi connectivity index (χ2v) is 5.34. The van der Waals surface area contributed by atoms with Crippen LogP contribution in [-0.4, -0.2) is 44.2 Å². The van der Waals surface area contributed by atoms with Crippen molar-refractivity contribution in [3.8, 4) is 5.75 Å². The Hall–Kier alpha value is -1.06. The van der Waals surface area contributed by atoms with Crippen molar-refractivity contribution in [3.05, 3.63) is 29.3 Å². The van der Waals surface area contributed by atoms with Gasteiger partial charge in [-0.05, 0) is 37.0 Å². The second kappa shape index (κ2) is 6.92. The maximum absolute atomic E-state index is 5.38. The maximum Gasteiger partial charge on any atom is 0.122 e. The van der Waals surface area contributed by atoms with E-state index in [1.807, 2.05) is 0 Å². The largest absolute Gasteiger partial charge is 0.496 e.